The van der Waals surface area contributed by atoms with Crippen molar-refractivity contribution in [2.45, 2.75) is 19.5 Å². The SMILES string of the molecule is O=C(NCCc1nccn1Cc1ccccc1)c1ccc(Cn2nnc3ccccc32)cc1. The number of imidazole rings is 1. The van der Waals surface area contributed by atoms with Crippen LogP contribution >= 0.6 is 0 Å². The Bertz CT molecular complexity index is 1350. The van der Waals surface area contributed by atoms with E-state index < -0.39 is 0 Å². The van der Waals surface area contributed by atoms with E-state index >= 15 is 0 Å². The molecule has 0 saturated heterocycles. The van der Waals surface area contributed by atoms with Crippen molar-refractivity contribution in [3.8, 4) is 0 Å². The summed E-state index contributed by atoms with van der Waals surface area (Å²) in [4.78, 5) is 17.0. The van der Waals surface area contributed by atoms with Gasteiger partial charge in [0, 0.05) is 37.5 Å². The molecule has 0 aliphatic rings. The summed E-state index contributed by atoms with van der Waals surface area (Å²) in [6.07, 6.45) is 4.45. The molecule has 0 unspecified atom stereocenters. The van der Waals surface area contributed by atoms with Crippen molar-refractivity contribution in [1.82, 2.24) is 29.9 Å². The fourth-order valence-electron chi connectivity index (χ4n) is 3.85. The topological polar surface area (TPSA) is 77.6 Å². The van der Waals surface area contributed by atoms with Crippen LogP contribution in [-0.2, 0) is 19.5 Å². The number of fused-ring (bicyclic) bond motifs is 1. The first-order chi connectivity index (χ1) is 16.3. The second kappa shape index (κ2) is 9.48. The summed E-state index contributed by atoms with van der Waals surface area (Å²) in [6.45, 7) is 1.90. The van der Waals surface area contributed by atoms with Gasteiger partial charge in [-0.15, -0.1) is 5.10 Å². The average molecular weight is 437 g/mol. The minimum absolute atomic E-state index is 0.0890. The van der Waals surface area contributed by atoms with E-state index in [0.29, 0.717) is 25.1 Å². The summed E-state index contributed by atoms with van der Waals surface area (Å²) in [5.41, 5.74) is 4.78. The van der Waals surface area contributed by atoms with E-state index in [1.165, 1.54) is 5.56 Å². The van der Waals surface area contributed by atoms with Crippen LogP contribution in [0.3, 0.4) is 0 Å². The predicted molar refractivity (Wildman–Crippen MR) is 127 cm³/mol. The molecule has 7 nitrogen and oxygen atoms in total. The van der Waals surface area contributed by atoms with Crippen LogP contribution in [0.15, 0.2) is 91.3 Å². The predicted octanol–water partition coefficient (Wildman–Crippen LogP) is 3.70. The molecule has 0 aliphatic heterocycles. The lowest BCUT2D eigenvalue weighted by Gasteiger charge is -2.09. The van der Waals surface area contributed by atoms with E-state index in [1.54, 1.807) is 6.20 Å². The molecule has 0 atom stereocenters. The van der Waals surface area contributed by atoms with Crippen molar-refractivity contribution in [2.24, 2.45) is 0 Å². The Morgan fingerprint density at radius 1 is 0.848 bits per heavy atom. The third-order valence-corrected chi connectivity index (χ3v) is 5.60. The summed E-state index contributed by atoms with van der Waals surface area (Å²) in [5, 5.41) is 11.4. The maximum Gasteiger partial charge on any atom is 0.251 e. The lowest BCUT2D eigenvalue weighted by molar-refractivity contribution is 0.0954. The Hall–Kier alpha value is -4.26. The van der Waals surface area contributed by atoms with Gasteiger partial charge in [-0.1, -0.05) is 59.8 Å². The summed E-state index contributed by atoms with van der Waals surface area (Å²) >= 11 is 0. The molecule has 33 heavy (non-hydrogen) atoms. The monoisotopic (exact) mass is 436 g/mol. The highest BCUT2D eigenvalue weighted by atomic mass is 16.1. The summed E-state index contributed by atoms with van der Waals surface area (Å²) < 4.78 is 3.98. The molecule has 0 bridgehead atoms. The largest absolute Gasteiger partial charge is 0.352 e. The van der Waals surface area contributed by atoms with E-state index in [1.807, 2.05) is 77.6 Å². The lowest BCUT2D eigenvalue weighted by atomic mass is 10.1. The Balaban J connectivity index is 1.15. The molecular formula is C26H24N6O. The highest BCUT2D eigenvalue weighted by Gasteiger charge is 2.09. The normalized spacial score (nSPS) is 11.0. The zero-order chi connectivity index (χ0) is 22.5. The highest BCUT2D eigenvalue weighted by Crippen LogP contribution is 2.13. The van der Waals surface area contributed by atoms with Crippen LogP contribution in [0.1, 0.15) is 27.3 Å². The van der Waals surface area contributed by atoms with Crippen molar-refractivity contribution in [1.29, 1.82) is 0 Å². The summed E-state index contributed by atoms with van der Waals surface area (Å²) in [5.74, 6) is 0.864. The zero-order valence-electron chi connectivity index (χ0n) is 18.1. The average Bonchev–Trinajstić information content (AvgIpc) is 3.47. The van der Waals surface area contributed by atoms with Gasteiger partial charge in [0.05, 0.1) is 12.1 Å². The van der Waals surface area contributed by atoms with Gasteiger partial charge < -0.3 is 9.88 Å². The van der Waals surface area contributed by atoms with E-state index in [-0.39, 0.29) is 5.91 Å². The smallest absolute Gasteiger partial charge is 0.251 e. The molecule has 7 heteroatoms. The van der Waals surface area contributed by atoms with Crippen LogP contribution in [0, 0.1) is 0 Å². The number of carbonyl (C=O) groups is 1. The number of amides is 1. The number of benzene rings is 3. The molecule has 2 aromatic heterocycles. The molecule has 2 heterocycles. The fraction of sp³-hybridized carbons (Fsp3) is 0.154. The highest BCUT2D eigenvalue weighted by molar-refractivity contribution is 5.94. The number of nitrogens with zero attached hydrogens (tertiary/aromatic N) is 5. The van der Waals surface area contributed by atoms with Crippen LogP contribution in [-0.4, -0.2) is 37.0 Å². The lowest BCUT2D eigenvalue weighted by Crippen LogP contribution is -2.26. The van der Waals surface area contributed by atoms with Crippen LogP contribution in [0.25, 0.3) is 11.0 Å². The minimum atomic E-state index is -0.0890. The van der Waals surface area contributed by atoms with E-state index in [9.17, 15) is 4.79 Å². The maximum absolute atomic E-state index is 12.6. The Kier molecular flexibility index (Phi) is 5.93. The third-order valence-electron chi connectivity index (χ3n) is 5.60. The standard InChI is InChI=1S/C26H24N6O/c33-26(28-15-14-25-27-16-17-31(25)18-20-6-2-1-3-7-20)22-12-10-21(11-13-22)19-32-24-9-5-4-8-23(24)29-30-32/h1-13,16-17H,14-15,18-19H2,(H,28,33). The van der Waals surface area contributed by atoms with E-state index in [0.717, 1.165) is 29.0 Å². The quantitative estimate of drug-likeness (QED) is 0.402. The number of para-hydroxylation sites is 1. The summed E-state index contributed by atoms with van der Waals surface area (Å²) in [6, 6.07) is 25.8. The van der Waals surface area contributed by atoms with Crippen LogP contribution in [0.2, 0.25) is 0 Å². The first-order valence-electron chi connectivity index (χ1n) is 11.0. The van der Waals surface area contributed by atoms with Crippen molar-refractivity contribution in [2.75, 3.05) is 6.54 Å². The van der Waals surface area contributed by atoms with Crippen LogP contribution < -0.4 is 5.32 Å². The zero-order valence-corrected chi connectivity index (χ0v) is 18.1. The van der Waals surface area contributed by atoms with Gasteiger partial charge >= 0.3 is 0 Å². The van der Waals surface area contributed by atoms with Crippen molar-refractivity contribution >= 4 is 16.9 Å². The Morgan fingerprint density at radius 3 is 2.45 bits per heavy atom. The maximum atomic E-state index is 12.6. The Morgan fingerprint density at radius 2 is 1.61 bits per heavy atom. The molecule has 0 radical (unpaired) electrons. The number of hydrogen-bond acceptors (Lipinski definition) is 4. The van der Waals surface area contributed by atoms with E-state index in [4.69, 9.17) is 0 Å². The van der Waals surface area contributed by atoms with Gasteiger partial charge in [0.1, 0.15) is 11.3 Å². The molecule has 164 valence electrons. The third kappa shape index (κ3) is 4.82. The molecule has 0 spiro atoms. The molecule has 1 amide bonds. The number of carbonyl (C=O) groups excluding carboxylic acids is 1. The van der Waals surface area contributed by atoms with Gasteiger partial charge in [-0.2, -0.15) is 0 Å². The first kappa shape index (κ1) is 20.6. The molecule has 3 aromatic carbocycles. The molecule has 1 N–H and O–H groups in total. The number of nitrogens with one attached hydrogen (secondary N) is 1. The number of rotatable bonds is 8. The molecule has 5 aromatic rings. The van der Waals surface area contributed by atoms with Gasteiger partial charge in [0.2, 0.25) is 0 Å². The van der Waals surface area contributed by atoms with Gasteiger partial charge in [0.15, 0.2) is 0 Å². The Labute approximate surface area is 191 Å². The molecule has 0 fully saturated rings. The van der Waals surface area contributed by atoms with Gasteiger partial charge in [-0.25, -0.2) is 9.67 Å². The molecular weight excluding hydrogens is 412 g/mol. The van der Waals surface area contributed by atoms with Crippen molar-refractivity contribution < 1.29 is 4.79 Å². The second-order valence-electron chi connectivity index (χ2n) is 7.90. The number of hydrogen-bond donors (Lipinski definition) is 1. The van der Waals surface area contributed by atoms with Gasteiger partial charge in [0.25, 0.3) is 5.91 Å². The van der Waals surface area contributed by atoms with Gasteiger partial charge in [-0.05, 0) is 35.4 Å². The minimum Gasteiger partial charge on any atom is -0.352 e. The second-order valence-corrected chi connectivity index (χ2v) is 7.90. The fourth-order valence-corrected chi connectivity index (χ4v) is 3.85. The first-order valence-corrected chi connectivity index (χ1v) is 11.0. The molecule has 0 saturated carbocycles. The molecule has 0 aliphatic carbocycles. The number of aromatic nitrogens is 5. The van der Waals surface area contributed by atoms with E-state index in [2.05, 4.69) is 37.3 Å². The van der Waals surface area contributed by atoms with Crippen molar-refractivity contribution in [3.63, 3.8) is 0 Å². The molecule has 5 rings (SSSR count). The van der Waals surface area contributed by atoms with Gasteiger partial charge in [-0.3, -0.25) is 4.79 Å². The summed E-state index contributed by atoms with van der Waals surface area (Å²) in [7, 11) is 0. The van der Waals surface area contributed by atoms with Crippen molar-refractivity contribution in [3.05, 3.63) is 114 Å². The van der Waals surface area contributed by atoms with Crippen LogP contribution in [0.4, 0.5) is 0 Å². The van der Waals surface area contributed by atoms with Crippen LogP contribution in [0.5, 0.6) is 0 Å².